The Labute approximate surface area is 73.8 Å². The molecule has 0 aliphatic carbocycles. The highest BCUT2D eigenvalue weighted by atomic mass is 15.3. The van der Waals surface area contributed by atoms with Gasteiger partial charge < -0.3 is 5.32 Å². The first-order valence-electron chi connectivity index (χ1n) is 4.32. The molecule has 1 N–H and O–H groups in total. The Kier molecular flexibility index (Phi) is 2.87. The van der Waals surface area contributed by atoms with Gasteiger partial charge in [0.05, 0.1) is 11.7 Å². The third-order valence-corrected chi connectivity index (χ3v) is 2.16. The van der Waals surface area contributed by atoms with Crippen molar-refractivity contribution in [2.24, 2.45) is 13.0 Å². The standard InChI is InChI=1S/C9H17N3/c1-7(2)9(10-3)8-5-6-11-12(8)4/h5-7,9-10H,1-4H3. The fourth-order valence-corrected chi connectivity index (χ4v) is 1.51. The molecule has 0 amide bonds. The number of hydrogen-bond donors (Lipinski definition) is 1. The molecule has 12 heavy (non-hydrogen) atoms. The van der Waals surface area contributed by atoms with Crippen LogP contribution in [0.15, 0.2) is 12.3 Å². The molecule has 0 aliphatic rings. The van der Waals surface area contributed by atoms with Crippen molar-refractivity contribution in [2.45, 2.75) is 19.9 Å². The minimum Gasteiger partial charge on any atom is -0.312 e. The van der Waals surface area contributed by atoms with Crippen LogP contribution in [0.5, 0.6) is 0 Å². The largest absolute Gasteiger partial charge is 0.312 e. The summed E-state index contributed by atoms with van der Waals surface area (Å²) in [5, 5.41) is 7.43. The van der Waals surface area contributed by atoms with Crippen LogP contribution in [0, 0.1) is 5.92 Å². The summed E-state index contributed by atoms with van der Waals surface area (Å²) >= 11 is 0. The van der Waals surface area contributed by atoms with Crippen LogP contribution in [0.2, 0.25) is 0 Å². The van der Waals surface area contributed by atoms with Crippen LogP contribution in [0.4, 0.5) is 0 Å². The third kappa shape index (κ3) is 1.67. The fourth-order valence-electron chi connectivity index (χ4n) is 1.51. The van der Waals surface area contributed by atoms with Crippen molar-refractivity contribution < 1.29 is 0 Å². The van der Waals surface area contributed by atoms with Gasteiger partial charge in [-0.05, 0) is 19.0 Å². The number of rotatable bonds is 3. The van der Waals surface area contributed by atoms with Crippen molar-refractivity contribution in [3.63, 3.8) is 0 Å². The van der Waals surface area contributed by atoms with Crippen LogP contribution in [0.1, 0.15) is 25.6 Å². The zero-order valence-electron chi connectivity index (χ0n) is 8.20. The minimum atomic E-state index is 0.400. The Morgan fingerprint density at radius 3 is 2.50 bits per heavy atom. The van der Waals surface area contributed by atoms with E-state index in [0.29, 0.717) is 12.0 Å². The van der Waals surface area contributed by atoms with E-state index in [1.165, 1.54) is 5.69 Å². The predicted molar refractivity (Wildman–Crippen MR) is 49.8 cm³/mol. The van der Waals surface area contributed by atoms with E-state index in [0.717, 1.165) is 0 Å². The Balaban J connectivity index is 2.87. The average molecular weight is 167 g/mol. The molecule has 0 spiro atoms. The van der Waals surface area contributed by atoms with E-state index in [2.05, 4.69) is 30.3 Å². The van der Waals surface area contributed by atoms with Crippen molar-refractivity contribution in [1.82, 2.24) is 15.1 Å². The molecule has 1 heterocycles. The number of aryl methyl sites for hydroxylation is 1. The first kappa shape index (κ1) is 9.26. The highest BCUT2D eigenvalue weighted by molar-refractivity contribution is 5.07. The Morgan fingerprint density at radius 2 is 2.17 bits per heavy atom. The van der Waals surface area contributed by atoms with Crippen LogP contribution >= 0.6 is 0 Å². The summed E-state index contributed by atoms with van der Waals surface area (Å²) in [5.74, 6) is 0.588. The SMILES string of the molecule is CNC(c1ccnn1C)C(C)C. The summed E-state index contributed by atoms with van der Waals surface area (Å²) in [5.41, 5.74) is 1.24. The van der Waals surface area contributed by atoms with E-state index in [1.54, 1.807) is 0 Å². The Bertz CT molecular complexity index is 240. The van der Waals surface area contributed by atoms with E-state index < -0.39 is 0 Å². The quantitative estimate of drug-likeness (QED) is 0.736. The lowest BCUT2D eigenvalue weighted by Gasteiger charge is -2.19. The topological polar surface area (TPSA) is 29.9 Å². The maximum absolute atomic E-state index is 4.14. The molecule has 3 nitrogen and oxygen atoms in total. The molecule has 0 saturated heterocycles. The molecule has 0 bridgehead atoms. The highest BCUT2D eigenvalue weighted by Gasteiger charge is 2.15. The van der Waals surface area contributed by atoms with Gasteiger partial charge in [-0.25, -0.2) is 0 Å². The molecule has 0 aromatic carbocycles. The predicted octanol–water partition coefficient (Wildman–Crippen LogP) is 1.34. The number of nitrogens with one attached hydrogen (secondary N) is 1. The molecule has 1 unspecified atom stereocenters. The van der Waals surface area contributed by atoms with Gasteiger partial charge in [0.1, 0.15) is 0 Å². The summed E-state index contributed by atoms with van der Waals surface area (Å²) in [6, 6.07) is 2.46. The monoisotopic (exact) mass is 167 g/mol. The second-order valence-corrected chi connectivity index (χ2v) is 3.39. The van der Waals surface area contributed by atoms with Crippen LogP contribution < -0.4 is 5.32 Å². The Hall–Kier alpha value is -0.830. The van der Waals surface area contributed by atoms with Crippen molar-refractivity contribution >= 4 is 0 Å². The molecule has 0 fully saturated rings. The normalized spacial score (nSPS) is 13.8. The lowest BCUT2D eigenvalue weighted by Crippen LogP contribution is -2.24. The lowest BCUT2D eigenvalue weighted by molar-refractivity contribution is 0.417. The van der Waals surface area contributed by atoms with Gasteiger partial charge in [-0.1, -0.05) is 13.8 Å². The van der Waals surface area contributed by atoms with Gasteiger partial charge in [0, 0.05) is 13.2 Å². The summed E-state index contributed by atoms with van der Waals surface area (Å²) in [6.07, 6.45) is 1.84. The second-order valence-electron chi connectivity index (χ2n) is 3.39. The molecule has 0 radical (unpaired) electrons. The lowest BCUT2D eigenvalue weighted by atomic mass is 10.0. The van der Waals surface area contributed by atoms with E-state index in [-0.39, 0.29) is 0 Å². The van der Waals surface area contributed by atoms with Gasteiger partial charge in [0.15, 0.2) is 0 Å². The van der Waals surface area contributed by atoms with Crippen molar-refractivity contribution in [1.29, 1.82) is 0 Å². The number of nitrogens with zero attached hydrogens (tertiary/aromatic N) is 2. The van der Waals surface area contributed by atoms with Gasteiger partial charge in [-0.2, -0.15) is 5.10 Å². The van der Waals surface area contributed by atoms with Crippen molar-refractivity contribution in [3.05, 3.63) is 18.0 Å². The van der Waals surface area contributed by atoms with Gasteiger partial charge in [0.25, 0.3) is 0 Å². The van der Waals surface area contributed by atoms with Gasteiger partial charge in [-0.15, -0.1) is 0 Å². The first-order chi connectivity index (χ1) is 5.66. The highest BCUT2D eigenvalue weighted by Crippen LogP contribution is 2.19. The minimum absolute atomic E-state index is 0.400. The summed E-state index contributed by atoms with van der Waals surface area (Å²) in [7, 11) is 3.96. The van der Waals surface area contributed by atoms with Gasteiger partial charge in [0.2, 0.25) is 0 Å². The smallest absolute Gasteiger partial charge is 0.0552 e. The molecular formula is C9H17N3. The Morgan fingerprint density at radius 1 is 1.50 bits per heavy atom. The first-order valence-corrected chi connectivity index (χ1v) is 4.32. The molecule has 68 valence electrons. The fraction of sp³-hybridized carbons (Fsp3) is 0.667. The molecular weight excluding hydrogens is 150 g/mol. The molecule has 0 aliphatic heterocycles. The summed E-state index contributed by atoms with van der Waals surface area (Å²) in [6.45, 7) is 4.41. The summed E-state index contributed by atoms with van der Waals surface area (Å²) in [4.78, 5) is 0. The summed E-state index contributed by atoms with van der Waals surface area (Å²) < 4.78 is 1.92. The maximum Gasteiger partial charge on any atom is 0.0552 e. The van der Waals surface area contributed by atoms with Crippen molar-refractivity contribution in [3.8, 4) is 0 Å². The van der Waals surface area contributed by atoms with E-state index >= 15 is 0 Å². The number of hydrogen-bond acceptors (Lipinski definition) is 2. The van der Waals surface area contributed by atoms with Crippen molar-refractivity contribution in [2.75, 3.05) is 7.05 Å². The van der Waals surface area contributed by atoms with Crippen LogP contribution in [0.25, 0.3) is 0 Å². The second kappa shape index (κ2) is 3.72. The van der Waals surface area contributed by atoms with E-state index in [4.69, 9.17) is 0 Å². The number of aromatic nitrogens is 2. The molecule has 3 heteroatoms. The zero-order valence-corrected chi connectivity index (χ0v) is 8.20. The third-order valence-electron chi connectivity index (χ3n) is 2.16. The van der Waals surface area contributed by atoms with E-state index in [9.17, 15) is 0 Å². The molecule has 0 saturated carbocycles. The zero-order chi connectivity index (χ0) is 9.14. The van der Waals surface area contributed by atoms with Crippen LogP contribution in [-0.2, 0) is 7.05 Å². The van der Waals surface area contributed by atoms with Crippen LogP contribution in [0.3, 0.4) is 0 Å². The molecule has 1 aromatic heterocycles. The van der Waals surface area contributed by atoms with Crippen LogP contribution in [-0.4, -0.2) is 16.8 Å². The van der Waals surface area contributed by atoms with E-state index in [1.807, 2.05) is 25.0 Å². The van der Waals surface area contributed by atoms with Gasteiger partial charge >= 0.3 is 0 Å². The molecule has 1 atom stereocenters. The van der Waals surface area contributed by atoms with Gasteiger partial charge in [-0.3, -0.25) is 4.68 Å². The maximum atomic E-state index is 4.14. The molecule has 1 rings (SSSR count). The molecule has 1 aromatic rings. The average Bonchev–Trinajstić information content (AvgIpc) is 2.38.